The predicted molar refractivity (Wildman–Crippen MR) is 101 cm³/mol. The van der Waals surface area contributed by atoms with Crippen molar-refractivity contribution < 1.29 is 4.79 Å². The highest BCUT2D eigenvalue weighted by Gasteiger charge is 2.23. The lowest BCUT2D eigenvalue weighted by Crippen LogP contribution is -2.36. The van der Waals surface area contributed by atoms with Gasteiger partial charge in [0, 0.05) is 30.1 Å². The lowest BCUT2D eigenvalue weighted by molar-refractivity contribution is -0.121. The van der Waals surface area contributed by atoms with Crippen LogP contribution in [-0.4, -0.2) is 50.5 Å². The molecule has 3 aromatic rings. The number of likely N-dealkylation sites (tertiary alicyclic amines) is 1. The molecule has 7 nitrogen and oxygen atoms in total. The predicted octanol–water partition coefficient (Wildman–Crippen LogP) is 2.31. The minimum atomic E-state index is 0.0562. The zero-order valence-electron chi connectivity index (χ0n) is 15.0. The van der Waals surface area contributed by atoms with Gasteiger partial charge in [0.15, 0.2) is 0 Å². The fourth-order valence-electron chi connectivity index (χ4n) is 3.37. The van der Waals surface area contributed by atoms with Gasteiger partial charge in [0.1, 0.15) is 5.82 Å². The first-order valence-electron chi connectivity index (χ1n) is 8.82. The van der Waals surface area contributed by atoms with Crippen LogP contribution in [0.25, 0.3) is 22.2 Å². The van der Waals surface area contributed by atoms with Crippen LogP contribution in [0.3, 0.4) is 0 Å². The maximum atomic E-state index is 12.5. The first-order chi connectivity index (χ1) is 12.6. The second-order valence-electron chi connectivity index (χ2n) is 6.94. The van der Waals surface area contributed by atoms with Gasteiger partial charge in [-0.2, -0.15) is 0 Å². The van der Waals surface area contributed by atoms with E-state index >= 15 is 0 Å². The standard InChI is InChI=1S/C19H22N6O/c1-24-5-3-13(4-6-24)19(26)23-18-8-14-7-15(9-21-16(14)10-22-18)17-11-20-12-25(17)2/h7-13H,3-6H2,1-2H3,(H,22,23,26). The molecule has 0 aliphatic carbocycles. The van der Waals surface area contributed by atoms with E-state index in [0.29, 0.717) is 5.82 Å². The Morgan fingerprint density at radius 2 is 1.92 bits per heavy atom. The fraction of sp³-hybridized carbons (Fsp3) is 0.368. The third-order valence-corrected chi connectivity index (χ3v) is 5.02. The molecule has 1 aliphatic heterocycles. The quantitative estimate of drug-likeness (QED) is 0.784. The number of carbonyl (C=O) groups is 1. The molecule has 26 heavy (non-hydrogen) atoms. The lowest BCUT2D eigenvalue weighted by Gasteiger charge is -2.27. The van der Waals surface area contributed by atoms with Gasteiger partial charge in [-0.05, 0) is 45.1 Å². The van der Waals surface area contributed by atoms with Crippen molar-refractivity contribution in [3.8, 4) is 11.3 Å². The normalized spacial score (nSPS) is 16.1. The van der Waals surface area contributed by atoms with Gasteiger partial charge in [-0.3, -0.25) is 9.78 Å². The number of imidazole rings is 1. The smallest absolute Gasteiger partial charge is 0.228 e. The van der Waals surface area contributed by atoms with Crippen molar-refractivity contribution in [3.63, 3.8) is 0 Å². The molecule has 4 rings (SSSR count). The number of nitrogens with zero attached hydrogens (tertiary/aromatic N) is 5. The lowest BCUT2D eigenvalue weighted by atomic mass is 9.96. The van der Waals surface area contributed by atoms with Crippen molar-refractivity contribution in [2.75, 3.05) is 25.5 Å². The molecule has 0 spiro atoms. The number of aromatic nitrogens is 4. The molecule has 0 saturated carbocycles. The Labute approximate surface area is 152 Å². The second-order valence-corrected chi connectivity index (χ2v) is 6.94. The molecule has 1 N–H and O–H groups in total. The van der Waals surface area contributed by atoms with Gasteiger partial charge in [-0.15, -0.1) is 0 Å². The summed E-state index contributed by atoms with van der Waals surface area (Å²) in [6, 6.07) is 3.93. The minimum absolute atomic E-state index is 0.0562. The number of fused-ring (bicyclic) bond motifs is 1. The van der Waals surface area contributed by atoms with E-state index in [1.165, 1.54) is 0 Å². The molecule has 1 saturated heterocycles. The van der Waals surface area contributed by atoms with Crippen molar-refractivity contribution in [2.45, 2.75) is 12.8 Å². The maximum absolute atomic E-state index is 12.5. The van der Waals surface area contributed by atoms with Gasteiger partial charge >= 0.3 is 0 Å². The number of rotatable bonds is 3. The van der Waals surface area contributed by atoms with Crippen LogP contribution in [0.2, 0.25) is 0 Å². The zero-order valence-corrected chi connectivity index (χ0v) is 15.0. The number of pyridine rings is 2. The van der Waals surface area contributed by atoms with Crippen LogP contribution in [0.5, 0.6) is 0 Å². The summed E-state index contributed by atoms with van der Waals surface area (Å²) in [6.07, 6.45) is 8.88. The monoisotopic (exact) mass is 350 g/mol. The second kappa shape index (κ2) is 6.84. The van der Waals surface area contributed by atoms with E-state index in [1.807, 2.05) is 36.1 Å². The van der Waals surface area contributed by atoms with Crippen molar-refractivity contribution in [1.82, 2.24) is 24.4 Å². The molecule has 1 aliphatic rings. The highest BCUT2D eigenvalue weighted by Crippen LogP contribution is 2.24. The van der Waals surface area contributed by atoms with Gasteiger partial charge in [0.2, 0.25) is 5.91 Å². The molecule has 3 aromatic heterocycles. The van der Waals surface area contributed by atoms with Crippen LogP contribution in [0.4, 0.5) is 5.82 Å². The van der Waals surface area contributed by atoms with Crippen molar-refractivity contribution in [3.05, 3.63) is 37.1 Å². The Balaban J connectivity index is 1.56. The van der Waals surface area contributed by atoms with Crippen LogP contribution in [0.1, 0.15) is 12.8 Å². The summed E-state index contributed by atoms with van der Waals surface area (Å²) in [6.45, 7) is 1.92. The third-order valence-electron chi connectivity index (χ3n) is 5.02. The molecule has 0 aromatic carbocycles. The van der Waals surface area contributed by atoms with Crippen molar-refractivity contribution >= 4 is 22.6 Å². The van der Waals surface area contributed by atoms with E-state index in [0.717, 1.165) is 48.1 Å². The van der Waals surface area contributed by atoms with Crippen LogP contribution in [-0.2, 0) is 11.8 Å². The van der Waals surface area contributed by atoms with Crippen molar-refractivity contribution in [2.24, 2.45) is 13.0 Å². The largest absolute Gasteiger partial charge is 0.334 e. The molecule has 0 radical (unpaired) electrons. The average molecular weight is 350 g/mol. The average Bonchev–Trinajstić information content (AvgIpc) is 3.07. The number of carbonyl (C=O) groups excluding carboxylic acids is 1. The molecule has 0 bridgehead atoms. The fourth-order valence-corrected chi connectivity index (χ4v) is 3.37. The molecule has 0 unspecified atom stereocenters. The number of anilines is 1. The minimum Gasteiger partial charge on any atom is -0.334 e. The summed E-state index contributed by atoms with van der Waals surface area (Å²) < 4.78 is 1.95. The number of hydrogen-bond donors (Lipinski definition) is 1. The molecule has 1 amide bonds. The van der Waals surface area contributed by atoms with E-state index in [2.05, 4.69) is 32.2 Å². The van der Waals surface area contributed by atoms with Crippen LogP contribution in [0.15, 0.2) is 37.1 Å². The number of nitrogens with one attached hydrogen (secondary N) is 1. The Hall–Kier alpha value is -2.80. The third kappa shape index (κ3) is 3.30. The number of hydrogen-bond acceptors (Lipinski definition) is 5. The Kier molecular flexibility index (Phi) is 4.38. The summed E-state index contributed by atoms with van der Waals surface area (Å²) in [4.78, 5) is 27.7. The Bertz CT molecular complexity index is 942. The Morgan fingerprint density at radius 3 is 2.65 bits per heavy atom. The van der Waals surface area contributed by atoms with E-state index in [1.54, 1.807) is 12.5 Å². The molecular formula is C19H22N6O. The van der Waals surface area contributed by atoms with E-state index in [4.69, 9.17) is 0 Å². The molecular weight excluding hydrogens is 328 g/mol. The summed E-state index contributed by atoms with van der Waals surface area (Å²) >= 11 is 0. The highest BCUT2D eigenvalue weighted by molar-refractivity contribution is 5.94. The SMILES string of the molecule is CN1CCC(C(=O)Nc2cc3cc(-c4cncn4C)cnc3cn2)CC1. The van der Waals surface area contributed by atoms with E-state index in [-0.39, 0.29) is 11.8 Å². The topological polar surface area (TPSA) is 75.9 Å². The number of amides is 1. The molecule has 0 atom stereocenters. The molecule has 134 valence electrons. The Morgan fingerprint density at radius 1 is 1.12 bits per heavy atom. The van der Waals surface area contributed by atoms with Gasteiger partial charge in [0.05, 0.1) is 29.9 Å². The molecule has 7 heteroatoms. The van der Waals surface area contributed by atoms with Gasteiger partial charge in [-0.1, -0.05) is 0 Å². The maximum Gasteiger partial charge on any atom is 0.228 e. The summed E-state index contributed by atoms with van der Waals surface area (Å²) in [5, 5.41) is 3.91. The van der Waals surface area contributed by atoms with Gasteiger partial charge in [-0.25, -0.2) is 9.97 Å². The highest BCUT2D eigenvalue weighted by atomic mass is 16.1. The van der Waals surface area contributed by atoms with Crippen molar-refractivity contribution in [1.29, 1.82) is 0 Å². The number of aryl methyl sites for hydroxylation is 1. The van der Waals surface area contributed by atoms with Crippen LogP contribution in [0, 0.1) is 5.92 Å². The van der Waals surface area contributed by atoms with E-state index in [9.17, 15) is 4.79 Å². The van der Waals surface area contributed by atoms with Gasteiger partial charge < -0.3 is 14.8 Å². The molecule has 1 fully saturated rings. The van der Waals surface area contributed by atoms with Gasteiger partial charge in [0.25, 0.3) is 0 Å². The van der Waals surface area contributed by atoms with Crippen LogP contribution < -0.4 is 5.32 Å². The van der Waals surface area contributed by atoms with Crippen LogP contribution >= 0.6 is 0 Å². The summed E-state index contributed by atoms with van der Waals surface area (Å²) in [7, 11) is 4.04. The summed E-state index contributed by atoms with van der Waals surface area (Å²) in [5.74, 6) is 0.689. The zero-order chi connectivity index (χ0) is 18.1. The number of piperidine rings is 1. The first kappa shape index (κ1) is 16.7. The van der Waals surface area contributed by atoms with E-state index < -0.39 is 0 Å². The first-order valence-corrected chi connectivity index (χ1v) is 8.82. The summed E-state index contributed by atoms with van der Waals surface area (Å²) in [5.41, 5.74) is 2.78. The molecule has 4 heterocycles.